The van der Waals surface area contributed by atoms with Crippen molar-refractivity contribution in [1.29, 1.82) is 0 Å². The lowest BCUT2D eigenvalue weighted by Gasteiger charge is -2.33. The molecular weight excluding hydrogens is 276 g/mol. The normalized spacial score (nSPS) is 26.0. The van der Waals surface area contributed by atoms with Gasteiger partial charge in [0.15, 0.2) is 0 Å². The molecule has 116 valence electrons. The van der Waals surface area contributed by atoms with E-state index < -0.39 is 11.9 Å². The molecule has 0 aromatic heterocycles. The molecule has 1 aliphatic heterocycles. The maximum atomic E-state index is 11.0. The molecule has 0 spiro atoms. The van der Waals surface area contributed by atoms with Gasteiger partial charge in [0.25, 0.3) is 0 Å². The highest BCUT2D eigenvalue weighted by Crippen LogP contribution is 2.45. The highest BCUT2D eigenvalue weighted by Gasteiger charge is 2.49. The van der Waals surface area contributed by atoms with E-state index in [2.05, 4.69) is 6.92 Å². The van der Waals surface area contributed by atoms with E-state index in [1.807, 2.05) is 60.7 Å². The second-order valence-electron chi connectivity index (χ2n) is 5.69. The molecule has 22 heavy (non-hydrogen) atoms. The summed E-state index contributed by atoms with van der Waals surface area (Å²) in [7, 11) is 0. The third-order valence-corrected chi connectivity index (χ3v) is 4.09. The van der Waals surface area contributed by atoms with Gasteiger partial charge in [0.1, 0.15) is 6.10 Å². The summed E-state index contributed by atoms with van der Waals surface area (Å²) in [5.74, 6) is -1.12. The second kappa shape index (κ2) is 6.61. The van der Waals surface area contributed by atoms with Gasteiger partial charge in [0, 0.05) is 5.56 Å². The van der Waals surface area contributed by atoms with Crippen LogP contribution in [0.1, 0.15) is 37.0 Å². The predicted molar refractivity (Wildman–Crippen MR) is 85.3 cm³/mol. The van der Waals surface area contributed by atoms with Gasteiger partial charge in [-0.2, -0.15) is 0 Å². The van der Waals surface area contributed by atoms with E-state index in [4.69, 9.17) is 9.47 Å². The van der Waals surface area contributed by atoms with Crippen LogP contribution in [-0.4, -0.2) is 17.8 Å². The Morgan fingerprint density at radius 2 is 1.73 bits per heavy atom. The number of hydrogen-bond donors (Lipinski definition) is 1. The van der Waals surface area contributed by atoms with Crippen molar-refractivity contribution in [1.82, 2.24) is 0 Å². The van der Waals surface area contributed by atoms with E-state index in [0.29, 0.717) is 6.61 Å². The van der Waals surface area contributed by atoms with Gasteiger partial charge in [-0.15, -0.1) is 0 Å². The molecule has 3 nitrogen and oxygen atoms in total. The summed E-state index contributed by atoms with van der Waals surface area (Å²) in [6.45, 7) is 2.63. The van der Waals surface area contributed by atoms with Crippen LogP contribution in [0, 0.1) is 0 Å². The maximum Gasteiger partial charge on any atom is 0.226 e. The largest absolute Gasteiger partial charge is 0.382 e. The fourth-order valence-corrected chi connectivity index (χ4v) is 2.97. The molecule has 0 bridgehead atoms. The lowest BCUT2D eigenvalue weighted by Crippen LogP contribution is -2.35. The van der Waals surface area contributed by atoms with Crippen molar-refractivity contribution in [3.63, 3.8) is 0 Å². The molecule has 2 aromatic rings. The van der Waals surface area contributed by atoms with Crippen LogP contribution < -0.4 is 0 Å². The summed E-state index contributed by atoms with van der Waals surface area (Å²) in [6, 6.07) is 19.3. The molecule has 0 saturated carbocycles. The van der Waals surface area contributed by atoms with Gasteiger partial charge in [-0.05, 0) is 12.0 Å². The number of rotatable bonds is 5. The smallest absolute Gasteiger partial charge is 0.226 e. The van der Waals surface area contributed by atoms with Crippen molar-refractivity contribution in [2.24, 2.45) is 0 Å². The van der Waals surface area contributed by atoms with E-state index in [-0.39, 0.29) is 6.10 Å². The zero-order chi connectivity index (χ0) is 15.4. The molecule has 3 unspecified atom stereocenters. The van der Waals surface area contributed by atoms with Crippen LogP contribution >= 0.6 is 0 Å². The van der Waals surface area contributed by atoms with E-state index in [9.17, 15) is 5.11 Å². The van der Waals surface area contributed by atoms with E-state index >= 15 is 0 Å². The summed E-state index contributed by atoms with van der Waals surface area (Å²) in [5.41, 5.74) is 1.65. The fourth-order valence-electron chi connectivity index (χ4n) is 2.97. The maximum absolute atomic E-state index is 11.0. The summed E-state index contributed by atoms with van der Waals surface area (Å²) < 4.78 is 12.3. The fraction of sp³-hybridized carbons (Fsp3) is 0.368. The molecule has 3 heteroatoms. The molecule has 1 fully saturated rings. The topological polar surface area (TPSA) is 38.7 Å². The third-order valence-electron chi connectivity index (χ3n) is 4.09. The minimum absolute atomic E-state index is 0.0172. The van der Waals surface area contributed by atoms with Gasteiger partial charge >= 0.3 is 0 Å². The molecule has 2 aromatic carbocycles. The molecule has 1 aliphatic rings. The van der Waals surface area contributed by atoms with Crippen LogP contribution in [0.4, 0.5) is 0 Å². The van der Waals surface area contributed by atoms with Crippen molar-refractivity contribution < 1.29 is 14.6 Å². The minimum atomic E-state index is -1.12. The average Bonchev–Trinajstić information content (AvgIpc) is 3.01. The van der Waals surface area contributed by atoms with E-state index in [1.165, 1.54) is 0 Å². The monoisotopic (exact) mass is 298 g/mol. The van der Waals surface area contributed by atoms with Gasteiger partial charge in [-0.1, -0.05) is 74.0 Å². The first kappa shape index (κ1) is 15.2. The highest BCUT2D eigenvalue weighted by atomic mass is 16.8. The molecule has 3 rings (SSSR count). The van der Waals surface area contributed by atoms with Crippen molar-refractivity contribution in [3.8, 4) is 0 Å². The van der Waals surface area contributed by atoms with Crippen molar-refractivity contribution in [3.05, 3.63) is 71.8 Å². The van der Waals surface area contributed by atoms with Crippen molar-refractivity contribution in [2.75, 3.05) is 6.61 Å². The summed E-state index contributed by atoms with van der Waals surface area (Å²) in [4.78, 5) is 0. The number of aliphatic hydroxyl groups is 1. The van der Waals surface area contributed by atoms with Crippen LogP contribution in [0.3, 0.4) is 0 Å². The molecule has 1 saturated heterocycles. The molecular formula is C19H22O3. The molecule has 0 aliphatic carbocycles. The predicted octanol–water partition coefficient (Wildman–Crippen LogP) is 3.79. The van der Waals surface area contributed by atoms with Crippen LogP contribution in [0.15, 0.2) is 60.7 Å². The Hall–Kier alpha value is -1.68. The van der Waals surface area contributed by atoms with Crippen LogP contribution in [0.25, 0.3) is 0 Å². The molecule has 0 radical (unpaired) electrons. The Kier molecular flexibility index (Phi) is 4.57. The summed E-state index contributed by atoms with van der Waals surface area (Å²) >= 11 is 0. The number of hydrogen-bond acceptors (Lipinski definition) is 3. The zero-order valence-electron chi connectivity index (χ0n) is 12.8. The Labute approximate surface area is 131 Å². The lowest BCUT2D eigenvalue weighted by atomic mass is 9.94. The van der Waals surface area contributed by atoms with Crippen LogP contribution in [0.5, 0.6) is 0 Å². The first-order valence-corrected chi connectivity index (χ1v) is 7.86. The molecule has 3 atom stereocenters. The van der Waals surface area contributed by atoms with Crippen LogP contribution in [0.2, 0.25) is 0 Å². The molecule has 0 amide bonds. The lowest BCUT2D eigenvalue weighted by molar-refractivity contribution is -0.241. The molecule has 1 N–H and O–H groups in total. The standard InChI is InChI=1S/C19H22O3/c1-2-9-17-14-21-19(22-17,16-12-7-4-8-13-16)18(20)15-10-5-3-6-11-15/h3-8,10-13,17-18,20H,2,9,14H2,1H3. The number of ether oxygens (including phenoxy) is 2. The SMILES string of the molecule is CCCC1COC(c2ccccc2)(C(O)c2ccccc2)O1. The summed E-state index contributed by atoms with van der Waals surface area (Å²) in [5, 5.41) is 11.0. The number of benzene rings is 2. The molecule has 1 heterocycles. The summed E-state index contributed by atoms with van der Waals surface area (Å²) in [6.07, 6.45) is 1.11. The van der Waals surface area contributed by atoms with Crippen molar-refractivity contribution >= 4 is 0 Å². The Balaban J connectivity index is 1.97. The quantitative estimate of drug-likeness (QED) is 0.912. The Bertz CT molecular complexity index is 584. The van der Waals surface area contributed by atoms with Crippen molar-refractivity contribution in [2.45, 2.75) is 37.8 Å². The first-order valence-electron chi connectivity index (χ1n) is 7.86. The van der Waals surface area contributed by atoms with Gasteiger partial charge in [-0.3, -0.25) is 0 Å². The van der Waals surface area contributed by atoms with E-state index in [1.54, 1.807) is 0 Å². The van der Waals surface area contributed by atoms with Gasteiger partial charge in [-0.25, -0.2) is 0 Å². The highest BCUT2D eigenvalue weighted by molar-refractivity contribution is 5.28. The van der Waals surface area contributed by atoms with Crippen LogP contribution in [-0.2, 0) is 15.3 Å². The van der Waals surface area contributed by atoms with Gasteiger partial charge in [0.2, 0.25) is 5.79 Å². The minimum Gasteiger partial charge on any atom is -0.382 e. The second-order valence-corrected chi connectivity index (χ2v) is 5.69. The zero-order valence-corrected chi connectivity index (χ0v) is 12.8. The third kappa shape index (κ3) is 2.80. The Morgan fingerprint density at radius 3 is 2.36 bits per heavy atom. The first-order chi connectivity index (χ1) is 10.8. The van der Waals surface area contributed by atoms with Gasteiger partial charge < -0.3 is 14.6 Å². The Morgan fingerprint density at radius 1 is 1.09 bits per heavy atom. The van der Waals surface area contributed by atoms with Gasteiger partial charge in [0.05, 0.1) is 12.7 Å². The average molecular weight is 298 g/mol. The van der Waals surface area contributed by atoms with E-state index in [0.717, 1.165) is 24.0 Å². The number of aliphatic hydroxyl groups excluding tert-OH is 1.